The largest absolute Gasteiger partial charge is 0.393 e. The lowest BCUT2D eigenvalue weighted by Gasteiger charge is -2.37. The van der Waals surface area contributed by atoms with Crippen molar-refractivity contribution in [2.45, 2.75) is 70.3 Å². The summed E-state index contributed by atoms with van der Waals surface area (Å²) in [5.74, 6) is 0.831. The molecule has 5 nitrogen and oxygen atoms in total. The Kier molecular flexibility index (Phi) is 3.89. The molecule has 0 radical (unpaired) electrons. The van der Waals surface area contributed by atoms with Crippen molar-refractivity contribution < 1.29 is 5.11 Å². The average Bonchev–Trinajstić information content (AvgIpc) is 2.69. The van der Waals surface area contributed by atoms with Crippen LogP contribution in [-0.4, -0.2) is 39.3 Å². The number of aliphatic hydroxyl groups excluding tert-OH is 1. The molecule has 1 aromatic heterocycles. The van der Waals surface area contributed by atoms with Crippen LogP contribution in [0.2, 0.25) is 0 Å². The number of hydrogen-bond acceptors (Lipinski definition) is 5. The van der Waals surface area contributed by atoms with Crippen LogP contribution in [0.3, 0.4) is 0 Å². The number of aliphatic hydroxyl groups is 1. The monoisotopic (exact) mass is 276 g/mol. The number of anilines is 1. The van der Waals surface area contributed by atoms with Gasteiger partial charge in [0.05, 0.1) is 6.10 Å². The topological polar surface area (TPSA) is 61.3 Å². The molecule has 0 spiro atoms. The summed E-state index contributed by atoms with van der Waals surface area (Å²) in [6, 6.07) is 1.31. The molecule has 2 aliphatic rings. The molecule has 2 atom stereocenters. The van der Waals surface area contributed by atoms with Gasteiger partial charge in [0.15, 0.2) is 0 Å². The predicted octanol–water partition coefficient (Wildman–Crippen LogP) is 1.47. The molecule has 0 aromatic carbocycles. The van der Waals surface area contributed by atoms with Crippen LogP contribution < -0.4 is 10.2 Å². The van der Waals surface area contributed by atoms with Crippen molar-refractivity contribution in [2.24, 2.45) is 0 Å². The number of hydrogen-bond donors (Lipinski definition) is 2. The Labute approximate surface area is 120 Å². The molecule has 20 heavy (non-hydrogen) atoms. The minimum atomic E-state index is -0.140. The van der Waals surface area contributed by atoms with E-state index >= 15 is 0 Å². The number of fused-ring (bicyclic) bond motifs is 2. The molecule has 2 aliphatic heterocycles. The fourth-order valence-electron chi connectivity index (χ4n) is 3.37. The number of aromatic nitrogens is 2. The van der Waals surface area contributed by atoms with Crippen LogP contribution in [0.15, 0.2) is 12.4 Å². The summed E-state index contributed by atoms with van der Waals surface area (Å²) in [7, 11) is 0. The summed E-state index contributed by atoms with van der Waals surface area (Å²) < 4.78 is 0. The standard InChI is InChI=1S/C15H24N4O/c1-10(2)16-7-11-8-17-15(18-9-11)19-12-3-4-13(19)6-14(20)5-12/h8-10,12-14,16,20H,3-7H2,1-2H3. The number of rotatable bonds is 4. The molecule has 110 valence electrons. The van der Waals surface area contributed by atoms with Crippen molar-refractivity contribution in [3.8, 4) is 0 Å². The van der Waals surface area contributed by atoms with Gasteiger partial charge in [0.25, 0.3) is 0 Å². The molecule has 2 saturated heterocycles. The summed E-state index contributed by atoms with van der Waals surface area (Å²) >= 11 is 0. The van der Waals surface area contributed by atoms with Gasteiger partial charge in [0.1, 0.15) is 0 Å². The van der Waals surface area contributed by atoms with E-state index in [1.54, 1.807) is 0 Å². The second-order valence-electron chi connectivity index (χ2n) is 6.34. The Morgan fingerprint density at radius 1 is 1.25 bits per heavy atom. The first-order chi connectivity index (χ1) is 9.63. The number of nitrogens with one attached hydrogen (secondary N) is 1. The fourth-order valence-corrected chi connectivity index (χ4v) is 3.37. The van der Waals surface area contributed by atoms with E-state index in [0.717, 1.165) is 43.7 Å². The van der Waals surface area contributed by atoms with Gasteiger partial charge < -0.3 is 15.3 Å². The Morgan fingerprint density at radius 3 is 2.40 bits per heavy atom. The molecule has 0 aliphatic carbocycles. The molecule has 1 aromatic rings. The van der Waals surface area contributed by atoms with E-state index in [4.69, 9.17) is 0 Å². The Bertz CT molecular complexity index is 434. The zero-order chi connectivity index (χ0) is 14.1. The zero-order valence-electron chi connectivity index (χ0n) is 12.3. The van der Waals surface area contributed by atoms with E-state index in [-0.39, 0.29) is 6.10 Å². The maximum absolute atomic E-state index is 9.84. The van der Waals surface area contributed by atoms with Crippen LogP contribution in [0.5, 0.6) is 0 Å². The van der Waals surface area contributed by atoms with E-state index in [0.29, 0.717) is 18.1 Å². The highest BCUT2D eigenvalue weighted by Gasteiger charge is 2.41. The maximum Gasteiger partial charge on any atom is 0.225 e. The van der Waals surface area contributed by atoms with E-state index in [2.05, 4.69) is 34.0 Å². The molecule has 2 N–H and O–H groups in total. The SMILES string of the molecule is CC(C)NCc1cnc(N2C3CCC2CC(O)C3)nc1. The van der Waals surface area contributed by atoms with E-state index in [1.807, 2.05) is 12.4 Å². The molecule has 2 fully saturated rings. The molecular formula is C15H24N4O. The van der Waals surface area contributed by atoms with Gasteiger partial charge in [-0.1, -0.05) is 13.8 Å². The molecule has 0 saturated carbocycles. The number of nitrogens with zero attached hydrogens (tertiary/aromatic N) is 3. The van der Waals surface area contributed by atoms with Gasteiger partial charge in [0, 0.05) is 42.6 Å². The first-order valence-corrected chi connectivity index (χ1v) is 7.64. The van der Waals surface area contributed by atoms with Crippen molar-refractivity contribution >= 4 is 5.95 Å². The van der Waals surface area contributed by atoms with E-state index in [9.17, 15) is 5.11 Å². The van der Waals surface area contributed by atoms with Crippen molar-refractivity contribution in [1.82, 2.24) is 15.3 Å². The van der Waals surface area contributed by atoms with Gasteiger partial charge in [-0.05, 0) is 25.7 Å². The minimum Gasteiger partial charge on any atom is -0.393 e. The van der Waals surface area contributed by atoms with Crippen LogP contribution in [0, 0.1) is 0 Å². The summed E-state index contributed by atoms with van der Waals surface area (Å²) in [4.78, 5) is 11.4. The van der Waals surface area contributed by atoms with Crippen LogP contribution in [-0.2, 0) is 6.54 Å². The Morgan fingerprint density at radius 2 is 1.85 bits per heavy atom. The molecule has 3 heterocycles. The van der Waals surface area contributed by atoms with Gasteiger partial charge in [-0.2, -0.15) is 0 Å². The third kappa shape index (κ3) is 2.79. The highest BCUT2D eigenvalue weighted by molar-refractivity contribution is 5.37. The summed E-state index contributed by atoms with van der Waals surface area (Å²) in [5.41, 5.74) is 1.12. The second kappa shape index (κ2) is 5.66. The summed E-state index contributed by atoms with van der Waals surface area (Å²) in [6.07, 6.45) is 7.72. The lowest BCUT2D eigenvalue weighted by molar-refractivity contribution is 0.125. The normalized spacial score (nSPS) is 29.2. The van der Waals surface area contributed by atoms with Gasteiger partial charge in [-0.15, -0.1) is 0 Å². The second-order valence-corrected chi connectivity index (χ2v) is 6.34. The Balaban J connectivity index is 1.69. The van der Waals surface area contributed by atoms with Crippen LogP contribution in [0.4, 0.5) is 5.95 Å². The fraction of sp³-hybridized carbons (Fsp3) is 0.733. The van der Waals surface area contributed by atoms with Crippen molar-refractivity contribution in [2.75, 3.05) is 4.90 Å². The molecular weight excluding hydrogens is 252 g/mol. The maximum atomic E-state index is 9.84. The molecule has 2 bridgehead atoms. The minimum absolute atomic E-state index is 0.140. The molecule has 0 amide bonds. The number of piperidine rings is 1. The van der Waals surface area contributed by atoms with Crippen LogP contribution >= 0.6 is 0 Å². The van der Waals surface area contributed by atoms with Crippen LogP contribution in [0.1, 0.15) is 45.1 Å². The first kappa shape index (κ1) is 13.8. The summed E-state index contributed by atoms with van der Waals surface area (Å²) in [6.45, 7) is 5.07. The summed E-state index contributed by atoms with van der Waals surface area (Å²) in [5, 5.41) is 13.2. The third-order valence-corrected chi connectivity index (χ3v) is 4.35. The van der Waals surface area contributed by atoms with Gasteiger partial charge >= 0.3 is 0 Å². The van der Waals surface area contributed by atoms with Gasteiger partial charge in [0.2, 0.25) is 5.95 Å². The van der Waals surface area contributed by atoms with Gasteiger partial charge in [-0.3, -0.25) is 0 Å². The van der Waals surface area contributed by atoms with E-state index in [1.165, 1.54) is 0 Å². The van der Waals surface area contributed by atoms with Crippen molar-refractivity contribution in [1.29, 1.82) is 0 Å². The lowest BCUT2D eigenvalue weighted by atomic mass is 10.0. The average molecular weight is 276 g/mol. The highest BCUT2D eigenvalue weighted by atomic mass is 16.3. The zero-order valence-corrected chi connectivity index (χ0v) is 12.3. The van der Waals surface area contributed by atoms with Crippen molar-refractivity contribution in [3.63, 3.8) is 0 Å². The molecule has 2 unspecified atom stereocenters. The molecule has 3 rings (SSSR count). The first-order valence-electron chi connectivity index (χ1n) is 7.64. The highest BCUT2D eigenvalue weighted by Crippen LogP contribution is 2.37. The smallest absolute Gasteiger partial charge is 0.225 e. The van der Waals surface area contributed by atoms with Crippen LogP contribution in [0.25, 0.3) is 0 Å². The lowest BCUT2D eigenvalue weighted by Crippen LogP contribution is -2.45. The third-order valence-electron chi connectivity index (χ3n) is 4.35. The van der Waals surface area contributed by atoms with Crippen molar-refractivity contribution in [3.05, 3.63) is 18.0 Å². The van der Waals surface area contributed by atoms with E-state index < -0.39 is 0 Å². The van der Waals surface area contributed by atoms with Gasteiger partial charge in [-0.25, -0.2) is 9.97 Å². The quantitative estimate of drug-likeness (QED) is 0.872. The predicted molar refractivity (Wildman–Crippen MR) is 78.5 cm³/mol. The molecule has 5 heteroatoms. The Hall–Kier alpha value is -1.20.